The lowest BCUT2D eigenvalue weighted by Crippen LogP contribution is -2.10. The first kappa shape index (κ1) is 104. The van der Waals surface area contributed by atoms with E-state index < -0.39 is 0 Å². The summed E-state index contributed by atoms with van der Waals surface area (Å²) in [6.07, 6.45) is 31.9. The first-order chi connectivity index (χ1) is 71.0. The maximum Gasteiger partial charge on any atom is 0.150 e. The van der Waals surface area contributed by atoms with Gasteiger partial charge in [0.15, 0.2) is 0 Å². The van der Waals surface area contributed by atoms with Crippen molar-refractivity contribution in [2.45, 2.75) is 20.8 Å². The molecule has 20 aromatic rings. The van der Waals surface area contributed by atoms with Crippen LogP contribution in [0.25, 0.3) is 107 Å². The van der Waals surface area contributed by atoms with Crippen LogP contribution in [0, 0.1) is 0 Å². The number of benzene rings is 20. The molecule has 0 saturated carbocycles. The lowest BCUT2D eigenvalue weighted by atomic mass is 10.0. The van der Waals surface area contributed by atoms with Gasteiger partial charge in [0.05, 0.1) is 0 Å². The lowest BCUT2D eigenvalue weighted by Gasteiger charge is -2.26. The second kappa shape index (κ2) is 56.1. The fourth-order valence-corrected chi connectivity index (χ4v) is 16.3. The van der Waals surface area contributed by atoms with E-state index in [1.54, 1.807) is 0 Å². The van der Waals surface area contributed by atoms with E-state index in [-0.39, 0.29) is 12.1 Å². The van der Waals surface area contributed by atoms with E-state index >= 15 is 0 Å². The van der Waals surface area contributed by atoms with Crippen molar-refractivity contribution < 1.29 is 9.50 Å². The minimum absolute atomic E-state index is 0. The largest absolute Gasteiger partial charge is 0.356 e. The van der Waals surface area contributed by atoms with Gasteiger partial charge < -0.3 is 20.4 Å². The average molecular weight is 2020 g/mol. The van der Waals surface area contributed by atoms with Gasteiger partial charge >= 0.3 is 0 Å². The van der Waals surface area contributed by atoms with Crippen molar-refractivity contribution in [2.24, 2.45) is 0 Å². The highest BCUT2D eigenvalue weighted by molar-refractivity contribution is 9.10. The Morgan fingerprint density at radius 2 is 0.342 bits per heavy atom. The number of hydrogen-bond acceptors (Lipinski definition) is 5. The summed E-state index contributed by atoms with van der Waals surface area (Å²) in [5, 5.41) is 6.82. The number of nitrogens with zero attached hydrogens (tertiary/aromatic N) is 2. The number of carbonyl (C=O) groups is 1. The standard InChI is InChI=1S/C68H52N2.C24H20N2.C22H17Br.C15H12O.C8H9Br.CH4.FH/c1-5-13-53(14-6-1)21-23-55-25-29-57(30-26-55)33-35-59-37-45-65(46-38-59)69(63-17-9-3-10-18-63)67-49-41-61(42-50-67)62-43-51-68(52-44-62)70(64-19-11-4-12-20-64)66-47-39-60(40-48-66)36-34-58-31-27-56(28-32-58)24-22-54-15-7-2-8-16-54;1-3-7-21(8-4-1)25-23-15-11-19(12-16-23)20-13-17-24(18-14-20)26-22-9-5-2-6-10-22;23-22-16-14-21(15-17-22)13-12-20-10-8-19(9-11-20)7-6-18-4-2-1-3-5-18;16-12-15-10-8-14(9-11-15)7-6-13-4-2-1-3-5-13;1-2-7-3-5-8(9)6-4-7;;/h1-52H;1-18,25-26H;1-17H;1-12H;3-6H,2H2,1H3;1H4;1H/b23-21+,24-22+,35-33+,36-34+;;7-6+,13-12+;7-6+;;;. The van der Waals surface area contributed by atoms with E-state index in [4.69, 9.17) is 0 Å². The van der Waals surface area contributed by atoms with Gasteiger partial charge in [0.1, 0.15) is 6.29 Å². The van der Waals surface area contributed by atoms with E-state index in [1.807, 2.05) is 103 Å². The molecular formula is C138H115Br2FN4O. The van der Waals surface area contributed by atoms with Gasteiger partial charge in [-0.1, -0.05) is 520 Å². The van der Waals surface area contributed by atoms with Crippen molar-refractivity contribution in [3.8, 4) is 22.3 Å². The highest BCUT2D eigenvalue weighted by Crippen LogP contribution is 2.40. The minimum Gasteiger partial charge on any atom is -0.356 e. The Hall–Kier alpha value is -17.7. The van der Waals surface area contributed by atoms with Crippen molar-refractivity contribution in [3.05, 3.63) is 632 Å². The lowest BCUT2D eigenvalue weighted by molar-refractivity contribution is 0.112. The molecule has 20 aromatic carbocycles. The van der Waals surface area contributed by atoms with Crippen LogP contribution in [-0.2, 0) is 6.42 Å². The minimum atomic E-state index is 0. The van der Waals surface area contributed by atoms with Crippen LogP contribution in [0.4, 0.5) is 61.6 Å². The fourth-order valence-electron chi connectivity index (χ4n) is 15.7. The van der Waals surface area contributed by atoms with E-state index in [0.717, 1.165) is 117 Å². The van der Waals surface area contributed by atoms with Crippen molar-refractivity contribution >= 4 is 180 Å². The summed E-state index contributed by atoms with van der Waals surface area (Å²) >= 11 is 6.83. The number of hydrogen-bond donors (Lipinski definition) is 2. The molecule has 0 aromatic heterocycles. The molecule has 0 unspecified atom stereocenters. The first-order valence-electron chi connectivity index (χ1n) is 48.3. The van der Waals surface area contributed by atoms with Gasteiger partial charge in [0, 0.05) is 71.4 Å². The summed E-state index contributed by atoms with van der Waals surface area (Å²) in [7, 11) is 0. The number of para-hydroxylation sites is 4. The van der Waals surface area contributed by atoms with Crippen LogP contribution < -0.4 is 20.4 Å². The monoisotopic (exact) mass is 2020 g/mol. The Bertz CT molecular complexity index is 7180. The molecule has 0 aliphatic carbocycles. The Kier molecular flexibility index (Phi) is 40.0. The maximum absolute atomic E-state index is 10.5. The molecule has 0 aliphatic rings. The SMILES string of the molecule is Brc1ccc(/C=C/c2ccc(/C=C/c3ccccc3)cc2)cc1.C.C(=C\c1ccc(/C=C/c2ccc(N(c3ccccc3)c3ccc(-c4ccc(N(c5ccccc5)c5ccc(/C=C/c6ccc(/C=C/c7ccccc7)cc6)cc5)cc4)cc3)cc2)cc1)/c1ccccc1.CCc1ccc(Br)cc1.F.O=Cc1ccc(/C=C/c2ccccc2)cc1.c1ccc(Nc2ccc(-c3ccc(Nc4ccccc4)cc3)cc2)cc1. The Morgan fingerprint density at radius 1 is 0.185 bits per heavy atom. The van der Waals surface area contributed by atoms with Gasteiger partial charge in [-0.2, -0.15) is 0 Å². The molecule has 8 heteroatoms. The van der Waals surface area contributed by atoms with Crippen LogP contribution >= 0.6 is 31.9 Å². The van der Waals surface area contributed by atoms with Gasteiger partial charge in [-0.25, -0.2) is 0 Å². The molecule has 5 nitrogen and oxygen atoms in total. The van der Waals surface area contributed by atoms with Gasteiger partial charge in [-0.05, 0) is 258 Å². The molecule has 0 spiro atoms. The number of aldehydes is 1. The second-order valence-corrected chi connectivity index (χ2v) is 35.9. The molecule has 0 fully saturated rings. The molecule has 2 N–H and O–H groups in total. The van der Waals surface area contributed by atoms with E-state index in [0.29, 0.717) is 5.56 Å². The average Bonchev–Trinajstić information content (AvgIpc) is 0.795. The van der Waals surface area contributed by atoms with Crippen molar-refractivity contribution in [3.63, 3.8) is 0 Å². The molecule has 0 heterocycles. The first-order valence-corrected chi connectivity index (χ1v) is 49.9. The smallest absolute Gasteiger partial charge is 0.150 e. The molecule has 714 valence electrons. The second-order valence-electron chi connectivity index (χ2n) is 34.0. The van der Waals surface area contributed by atoms with Crippen LogP contribution in [0.15, 0.2) is 543 Å². The Balaban J connectivity index is 0.000000178. The summed E-state index contributed by atoms with van der Waals surface area (Å²) in [5.41, 5.74) is 34.2. The van der Waals surface area contributed by atoms with Crippen LogP contribution in [0.3, 0.4) is 0 Å². The van der Waals surface area contributed by atoms with Crippen LogP contribution in [0.5, 0.6) is 0 Å². The highest BCUT2D eigenvalue weighted by atomic mass is 79.9. The zero-order valence-corrected chi connectivity index (χ0v) is 83.8. The predicted octanol–water partition coefficient (Wildman–Crippen LogP) is 40.1. The molecule has 0 amide bonds. The van der Waals surface area contributed by atoms with E-state index in [9.17, 15) is 4.79 Å². The number of halogens is 3. The molecule has 20 rings (SSSR count). The topological polar surface area (TPSA) is 47.6 Å². The summed E-state index contributed by atoms with van der Waals surface area (Å²) in [5.74, 6) is 0. The fraction of sp³-hybridized carbons (Fsp3) is 0.0217. The molecule has 0 atom stereocenters. The zero-order valence-electron chi connectivity index (χ0n) is 80.6. The van der Waals surface area contributed by atoms with Gasteiger partial charge in [0.25, 0.3) is 0 Å². The van der Waals surface area contributed by atoms with Crippen LogP contribution in [0.2, 0.25) is 0 Å². The van der Waals surface area contributed by atoms with E-state index in [2.05, 4.69) is 575 Å². The number of aryl methyl sites for hydroxylation is 1. The molecule has 0 radical (unpaired) electrons. The highest BCUT2D eigenvalue weighted by Gasteiger charge is 2.16. The van der Waals surface area contributed by atoms with E-state index in [1.165, 1.54) is 66.8 Å². The molecule has 0 saturated heterocycles. The summed E-state index contributed by atoms with van der Waals surface area (Å²) in [6, 6.07) is 185. The molecular weight excluding hydrogens is 1910 g/mol. The summed E-state index contributed by atoms with van der Waals surface area (Å²) < 4.78 is 2.25. The Labute approximate surface area is 878 Å². The number of anilines is 10. The van der Waals surface area contributed by atoms with Gasteiger partial charge in [-0.15, -0.1) is 0 Å². The van der Waals surface area contributed by atoms with Crippen LogP contribution in [0.1, 0.15) is 108 Å². The maximum atomic E-state index is 10.5. The number of rotatable bonds is 28. The van der Waals surface area contributed by atoms with Gasteiger partial charge in [0.2, 0.25) is 0 Å². The summed E-state index contributed by atoms with van der Waals surface area (Å²) in [4.78, 5) is 15.1. The molecule has 146 heavy (non-hydrogen) atoms. The Morgan fingerprint density at radius 3 is 0.562 bits per heavy atom. The third kappa shape index (κ3) is 33.0. The van der Waals surface area contributed by atoms with Crippen molar-refractivity contribution in [1.82, 2.24) is 0 Å². The third-order valence-corrected chi connectivity index (χ3v) is 24.8. The normalized spacial score (nSPS) is 10.9. The zero-order chi connectivity index (χ0) is 98.6. The quantitative estimate of drug-likeness (QED) is 0.0378. The number of nitrogens with one attached hydrogen (secondary N) is 2. The van der Waals surface area contributed by atoms with Crippen LogP contribution in [-0.4, -0.2) is 6.29 Å². The summed E-state index contributed by atoms with van der Waals surface area (Å²) in [6.45, 7) is 2.16. The molecule has 0 aliphatic heterocycles. The van der Waals surface area contributed by atoms with Crippen molar-refractivity contribution in [1.29, 1.82) is 0 Å². The molecule has 0 bridgehead atoms. The number of carbonyl (C=O) groups excluding carboxylic acids is 1. The van der Waals surface area contributed by atoms with Gasteiger partial charge in [-0.3, -0.25) is 9.50 Å². The van der Waals surface area contributed by atoms with Crippen molar-refractivity contribution in [2.75, 3.05) is 20.4 Å². The predicted molar refractivity (Wildman–Crippen MR) is 639 cm³/mol. The third-order valence-electron chi connectivity index (χ3n) is 23.7.